The highest BCUT2D eigenvalue weighted by molar-refractivity contribution is 7.90. The molecule has 20 heavy (non-hydrogen) atoms. The topological polar surface area (TPSA) is 80.2 Å². The molecule has 6 nitrogen and oxygen atoms in total. The van der Waals surface area contributed by atoms with E-state index in [-0.39, 0.29) is 17.0 Å². The Morgan fingerprint density at radius 1 is 1.10 bits per heavy atom. The SMILES string of the molecule is Cc1ccc(CN2C(=O)c3ccccc3S2(=O)=O)nn1. The van der Waals surface area contributed by atoms with Gasteiger partial charge in [0.2, 0.25) is 0 Å². The van der Waals surface area contributed by atoms with E-state index in [0.717, 1.165) is 10.00 Å². The fraction of sp³-hybridized carbons (Fsp3) is 0.154. The third-order valence-electron chi connectivity index (χ3n) is 3.07. The lowest BCUT2D eigenvalue weighted by Crippen LogP contribution is -2.29. The minimum Gasteiger partial charge on any atom is -0.268 e. The van der Waals surface area contributed by atoms with Gasteiger partial charge in [-0.05, 0) is 31.2 Å². The maximum Gasteiger partial charge on any atom is 0.269 e. The van der Waals surface area contributed by atoms with Gasteiger partial charge in [0.25, 0.3) is 15.9 Å². The summed E-state index contributed by atoms with van der Waals surface area (Å²) in [5.41, 5.74) is 1.36. The minimum atomic E-state index is -3.79. The Kier molecular flexibility index (Phi) is 2.79. The number of sulfonamides is 1. The quantitative estimate of drug-likeness (QED) is 0.828. The van der Waals surface area contributed by atoms with Crippen molar-refractivity contribution >= 4 is 15.9 Å². The summed E-state index contributed by atoms with van der Waals surface area (Å²) < 4.78 is 25.5. The molecule has 0 atom stereocenters. The van der Waals surface area contributed by atoms with Crippen LogP contribution in [0.5, 0.6) is 0 Å². The molecule has 3 rings (SSSR count). The highest BCUT2D eigenvalue weighted by Gasteiger charge is 2.40. The number of rotatable bonds is 2. The van der Waals surface area contributed by atoms with Crippen molar-refractivity contribution in [2.75, 3.05) is 0 Å². The summed E-state index contributed by atoms with van der Waals surface area (Å²) in [5, 5.41) is 7.76. The van der Waals surface area contributed by atoms with Gasteiger partial charge in [-0.15, -0.1) is 0 Å². The monoisotopic (exact) mass is 289 g/mol. The molecule has 1 aromatic heterocycles. The molecule has 2 aromatic rings. The number of aromatic nitrogens is 2. The molecule has 0 N–H and O–H groups in total. The second-order valence-corrected chi connectivity index (χ2v) is 6.31. The molecular formula is C13H11N3O3S. The van der Waals surface area contributed by atoms with Gasteiger partial charge in [0.05, 0.1) is 23.5 Å². The summed E-state index contributed by atoms with van der Waals surface area (Å²) in [7, 11) is -3.79. The second-order valence-electron chi connectivity index (χ2n) is 4.48. The molecule has 0 spiro atoms. The van der Waals surface area contributed by atoms with Crippen LogP contribution in [0.15, 0.2) is 41.3 Å². The summed E-state index contributed by atoms with van der Waals surface area (Å²) in [6.45, 7) is 1.67. The van der Waals surface area contributed by atoms with Gasteiger partial charge >= 0.3 is 0 Å². The van der Waals surface area contributed by atoms with Crippen LogP contribution in [0.2, 0.25) is 0 Å². The third kappa shape index (κ3) is 1.87. The number of aryl methyl sites for hydroxylation is 1. The first kappa shape index (κ1) is 12.7. The normalized spacial score (nSPS) is 16.2. The fourth-order valence-corrected chi connectivity index (χ4v) is 3.59. The van der Waals surface area contributed by atoms with Gasteiger partial charge < -0.3 is 0 Å². The average molecular weight is 289 g/mol. The lowest BCUT2D eigenvalue weighted by atomic mass is 10.2. The average Bonchev–Trinajstić information content (AvgIpc) is 2.63. The van der Waals surface area contributed by atoms with Crippen molar-refractivity contribution in [1.29, 1.82) is 0 Å². The van der Waals surface area contributed by atoms with E-state index in [0.29, 0.717) is 5.69 Å². The van der Waals surface area contributed by atoms with E-state index >= 15 is 0 Å². The Labute approximate surface area is 116 Å². The number of hydrogen-bond donors (Lipinski definition) is 0. The zero-order chi connectivity index (χ0) is 14.3. The zero-order valence-corrected chi connectivity index (χ0v) is 11.5. The van der Waals surface area contributed by atoms with E-state index in [9.17, 15) is 13.2 Å². The molecule has 1 aliphatic rings. The van der Waals surface area contributed by atoms with Crippen molar-refractivity contribution < 1.29 is 13.2 Å². The number of amides is 1. The zero-order valence-electron chi connectivity index (χ0n) is 10.6. The molecule has 1 amide bonds. The molecule has 0 fully saturated rings. The predicted octanol–water partition coefficient (Wildman–Crippen LogP) is 1.13. The Balaban J connectivity index is 2.00. The van der Waals surface area contributed by atoms with Crippen LogP contribution >= 0.6 is 0 Å². The molecule has 2 heterocycles. The van der Waals surface area contributed by atoms with Gasteiger partial charge in [-0.2, -0.15) is 10.2 Å². The summed E-state index contributed by atoms with van der Waals surface area (Å²) in [6, 6.07) is 9.57. The fourth-order valence-electron chi connectivity index (χ4n) is 2.05. The molecule has 0 saturated carbocycles. The van der Waals surface area contributed by atoms with Gasteiger partial charge in [-0.25, -0.2) is 12.7 Å². The Morgan fingerprint density at radius 3 is 2.50 bits per heavy atom. The standard InChI is InChI=1S/C13H11N3O3S/c1-9-6-7-10(15-14-9)8-16-13(17)11-4-2-3-5-12(11)20(16,18)19/h2-7H,8H2,1H3. The number of fused-ring (bicyclic) bond motifs is 1. The maximum absolute atomic E-state index is 12.3. The van der Waals surface area contributed by atoms with Gasteiger partial charge in [0.15, 0.2) is 0 Å². The molecule has 0 aliphatic carbocycles. The van der Waals surface area contributed by atoms with Crippen molar-refractivity contribution in [3.8, 4) is 0 Å². The van der Waals surface area contributed by atoms with Crippen molar-refractivity contribution in [2.45, 2.75) is 18.4 Å². The van der Waals surface area contributed by atoms with Crippen LogP contribution in [0.4, 0.5) is 0 Å². The molecule has 1 aromatic carbocycles. The van der Waals surface area contributed by atoms with Gasteiger partial charge in [0.1, 0.15) is 4.90 Å². The van der Waals surface area contributed by atoms with Crippen molar-refractivity contribution in [1.82, 2.24) is 14.5 Å². The molecular weight excluding hydrogens is 278 g/mol. The molecule has 0 radical (unpaired) electrons. The second kappa shape index (κ2) is 4.38. The number of benzene rings is 1. The van der Waals surface area contributed by atoms with Gasteiger partial charge in [0, 0.05) is 0 Å². The van der Waals surface area contributed by atoms with E-state index in [1.807, 2.05) is 0 Å². The first-order chi connectivity index (χ1) is 9.50. The summed E-state index contributed by atoms with van der Waals surface area (Å²) in [5.74, 6) is -0.525. The van der Waals surface area contributed by atoms with Crippen LogP contribution in [-0.2, 0) is 16.6 Å². The van der Waals surface area contributed by atoms with Crippen LogP contribution in [0.3, 0.4) is 0 Å². The number of carbonyl (C=O) groups is 1. The minimum absolute atomic E-state index is 0.0464. The first-order valence-electron chi connectivity index (χ1n) is 5.95. The molecule has 0 saturated heterocycles. The van der Waals surface area contributed by atoms with Crippen LogP contribution < -0.4 is 0 Å². The van der Waals surface area contributed by atoms with E-state index in [1.54, 1.807) is 31.2 Å². The Hall–Kier alpha value is -2.28. The van der Waals surface area contributed by atoms with Gasteiger partial charge in [-0.3, -0.25) is 4.79 Å². The first-order valence-corrected chi connectivity index (χ1v) is 7.39. The summed E-state index contributed by atoms with van der Waals surface area (Å²) >= 11 is 0. The molecule has 0 bridgehead atoms. The molecule has 102 valence electrons. The number of carbonyl (C=O) groups excluding carboxylic acids is 1. The van der Waals surface area contributed by atoms with Crippen molar-refractivity contribution in [3.05, 3.63) is 53.3 Å². The Bertz CT molecular complexity index is 785. The van der Waals surface area contributed by atoms with E-state index < -0.39 is 15.9 Å². The van der Waals surface area contributed by atoms with Gasteiger partial charge in [-0.1, -0.05) is 12.1 Å². The van der Waals surface area contributed by atoms with E-state index in [4.69, 9.17) is 0 Å². The highest BCUT2D eigenvalue weighted by Crippen LogP contribution is 2.30. The molecule has 1 aliphatic heterocycles. The molecule has 0 unspecified atom stereocenters. The number of hydrogen-bond acceptors (Lipinski definition) is 5. The van der Waals surface area contributed by atoms with Crippen LogP contribution in [-0.4, -0.2) is 28.8 Å². The smallest absolute Gasteiger partial charge is 0.268 e. The van der Waals surface area contributed by atoms with Crippen LogP contribution in [0.25, 0.3) is 0 Å². The lowest BCUT2D eigenvalue weighted by molar-refractivity contribution is 0.0863. The van der Waals surface area contributed by atoms with Crippen molar-refractivity contribution in [3.63, 3.8) is 0 Å². The molecule has 7 heteroatoms. The van der Waals surface area contributed by atoms with Crippen molar-refractivity contribution in [2.24, 2.45) is 0 Å². The summed E-state index contributed by atoms with van der Waals surface area (Å²) in [6.07, 6.45) is 0. The number of nitrogens with zero attached hydrogens (tertiary/aromatic N) is 3. The maximum atomic E-state index is 12.3. The lowest BCUT2D eigenvalue weighted by Gasteiger charge is -2.14. The van der Waals surface area contributed by atoms with E-state index in [1.165, 1.54) is 12.1 Å². The largest absolute Gasteiger partial charge is 0.269 e. The predicted molar refractivity (Wildman–Crippen MR) is 70.3 cm³/mol. The van der Waals surface area contributed by atoms with E-state index in [2.05, 4.69) is 10.2 Å². The third-order valence-corrected chi connectivity index (χ3v) is 4.86. The Morgan fingerprint density at radius 2 is 1.85 bits per heavy atom. The van der Waals surface area contributed by atoms with Crippen LogP contribution in [0.1, 0.15) is 21.7 Å². The van der Waals surface area contributed by atoms with Crippen LogP contribution in [0, 0.1) is 6.92 Å². The summed E-state index contributed by atoms with van der Waals surface area (Å²) in [4.78, 5) is 12.2. The highest BCUT2D eigenvalue weighted by atomic mass is 32.2.